The first kappa shape index (κ1) is 13.0. The van der Waals surface area contributed by atoms with E-state index in [9.17, 15) is 0 Å². The van der Waals surface area contributed by atoms with Gasteiger partial charge < -0.3 is 9.47 Å². The molecule has 0 N–H and O–H groups in total. The highest BCUT2D eigenvalue weighted by Crippen LogP contribution is 2.09. The smallest absolute Gasteiger partial charge is 0.357 e. The van der Waals surface area contributed by atoms with Gasteiger partial charge in [0.2, 0.25) is 0 Å². The Hall–Kier alpha value is -1.09. The molecule has 16 heavy (non-hydrogen) atoms. The van der Waals surface area contributed by atoms with Gasteiger partial charge in [-0.2, -0.15) is 0 Å². The Bertz CT molecular complexity index is 298. The first-order valence-corrected chi connectivity index (χ1v) is 6.13. The van der Waals surface area contributed by atoms with Gasteiger partial charge in [0.15, 0.2) is 0 Å². The van der Waals surface area contributed by atoms with Crippen LogP contribution < -0.4 is 4.74 Å². The molecule has 0 saturated heterocycles. The summed E-state index contributed by atoms with van der Waals surface area (Å²) in [5, 5.41) is 0.211. The van der Waals surface area contributed by atoms with Crippen molar-refractivity contribution in [1.29, 1.82) is 0 Å². The van der Waals surface area contributed by atoms with Gasteiger partial charge >= 0.3 is 5.24 Å². The molecule has 0 unspecified atom stereocenters. The molecule has 0 heterocycles. The van der Waals surface area contributed by atoms with Crippen LogP contribution in [0.25, 0.3) is 0 Å². The van der Waals surface area contributed by atoms with E-state index < -0.39 is 0 Å². The fraction of sp³-hybridized carbons (Fsp3) is 0.462. The average Bonchev–Trinajstić information content (AvgIpc) is 2.30. The van der Waals surface area contributed by atoms with Crippen molar-refractivity contribution in [2.24, 2.45) is 0 Å². The molecule has 2 nitrogen and oxygen atoms in total. The standard InChI is InChI=1S/C13H18O2S/c1-2-3-4-8-11-14-13(16)15-12-9-6-5-7-10-12/h5-7,9-10H,2-4,8,11H2,1H3. The van der Waals surface area contributed by atoms with Gasteiger partial charge in [0, 0.05) is 12.2 Å². The Morgan fingerprint density at radius 1 is 1.12 bits per heavy atom. The van der Waals surface area contributed by atoms with E-state index in [4.69, 9.17) is 21.7 Å². The molecule has 0 spiro atoms. The SMILES string of the molecule is CCCCCCOC(=S)Oc1ccccc1. The summed E-state index contributed by atoms with van der Waals surface area (Å²) in [6, 6.07) is 9.44. The minimum absolute atomic E-state index is 0.211. The fourth-order valence-electron chi connectivity index (χ4n) is 1.30. The Morgan fingerprint density at radius 3 is 2.56 bits per heavy atom. The van der Waals surface area contributed by atoms with Gasteiger partial charge in [-0.25, -0.2) is 0 Å². The van der Waals surface area contributed by atoms with Crippen molar-refractivity contribution in [3.05, 3.63) is 30.3 Å². The van der Waals surface area contributed by atoms with E-state index >= 15 is 0 Å². The summed E-state index contributed by atoms with van der Waals surface area (Å²) in [7, 11) is 0. The largest absolute Gasteiger partial charge is 0.457 e. The third-order valence-electron chi connectivity index (χ3n) is 2.16. The number of ether oxygens (including phenoxy) is 2. The molecule has 0 amide bonds. The quantitative estimate of drug-likeness (QED) is 0.552. The number of hydrogen-bond donors (Lipinski definition) is 0. The Labute approximate surface area is 103 Å². The zero-order chi connectivity index (χ0) is 11.6. The normalized spacial score (nSPS) is 9.81. The molecule has 1 aromatic carbocycles. The van der Waals surface area contributed by atoms with Gasteiger partial charge in [-0.3, -0.25) is 0 Å². The summed E-state index contributed by atoms with van der Waals surface area (Å²) in [6.45, 7) is 2.83. The molecule has 0 aliphatic carbocycles. The van der Waals surface area contributed by atoms with Crippen LogP contribution in [-0.4, -0.2) is 11.8 Å². The maximum atomic E-state index is 5.33. The van der Waals surface area contributed by atoms with Crippen LogP contribution in [0.5, 0.6) is 5.75 Å². The van der Waals surface area contributed by atoms with Gasteiger partial charge in [0.1, 0.15) is 5.75 Å². The molecule has 0 atom stereocenters. The Morgan fingerprint density at radius 2 is 1.88 bits per heavy atom. The minimum atomic E-state index is 0.211. The zero-order valence-corrected chi connectivity index (χ0v) is 10.5. The summed E-state index contributed by atoms with van der Waals surface area (Å²) < 4.78 is 10.6. The number of para-hydroxylation sites is 1. The highest BCUT2D eigenvalue weighted by atomic mass is 32.1. The van der Waals surface area contributed by atoms with Crippen LogP contribution in [0.1, 0.15) is 32.6 Å². The van der Waals surface area contributed by atoms with Gasteiger partial charge in [0.25, 0.3) is 0 Å². The van der Waals surface area contributed by atoms with Crippen LogP contribution in [0.3, 0.4) is 0 Å². The lowest BCUT2D eigenvalue weighted by atomic mass is 10.2. The molecule has 3 heteroatoms. The van der Waals surface area contributed by atoms with Crippen molar-refractivity contribution in [3.63, 3.8) is 0 Å². The van der Waals surface area contributed by atoms with Gasteiger partial charge in [-0.1, -0.05) is 44.4 Å². The molecule has 0 fully saturated rings. The Balaban J connectivity index is 2.12. The molecule has 0 aromatic heterocycles. The molecule has 0 saturated carbocycles. The summed E-state index contributed by atoms with van der Waals surface area (Å²) >= 11 is 4.97. The highest BCUT2D eigenvalue weighted by molar-refractivity contribution is 7.79. The first-order chi connectivity index (χ1) is 7.83. The summed E-state index contributed by atoms with van der Waals surface area (Å²) in [4.78, 5) is 0. The van der Waals surface area contributed by atoms with Crippen molar-refractivity contribution >= 4 is 17.5 Å². The van der Waals surface area contributed by atoms with Crippen LogP contribution in [0.2, 0.25) is 0 Å². The van der Waals surface area contributed by atoms with Crippen LogP contribution in [0.4, 0.5) is 0 Å². The summed E-state index contributed by atoms with van der Waals surface area (Å²) in [5.74, 6) is 0.723. The molecular formula is C13H18O2S. The fourth-order valence-corrected chi connectivity index (χ4v) is 1.48. The summed E-state index contributed by atoms with van der Waals surface area (Å²) in [6.07, 6.45) is 4.69. The van der Waals surface area contributed by atoms with Gasteiger partial charge in [-0.15, -0.1) is 0 Å². The molecule has 1 aromatic rings. The predicted octanol–water partition coefficient (Wildman–Crippen LogP) is 3.95. The van der Waals surface area contributed by atoms with Crippen LogP contribution in [0.15, 0.2) is 30.3 Å². The van der Waals surface area contributed by atoms with E-state index in [0.29, 0.717) is 6.61 Å². The van der Waals surface area contributed by atoms with Crippen LogP contribution in [0, 0.1) is 0 Å². The second-order valence-electron chi connectivity index (χ2n) is 3.57. The zero-order valence-electron chi connectivity index (χ0n) is 9.65. The number of hydrogen-bond acceptors (Lipinski definition) is 3. The van der Waals surface area contributed by atoms with Crippen molar-refractivity contribution in [1.82, 2.24) is 0 Å². The highest BCUT2D eigenvalue weighted by Gasteiger charge is 2.00. The van der Waals surface area contributed by atoms with E-state index in [1.54, 1.807) is 0 Å². The minimum Gasteiger partial charge on any atom is -0.457 e. The van der Waals surface area contributed by atoms with E-state index in [-0.39, 0.29) is 5.24 Å². The maximum Gasteiger partial charge on any atom is 0.357 e. The topological polar surface area (TPSA) is 18.5 Å². The van der Waals surface area contributed by atoms with E-state index in [1.807, 2.05) is 30.3 Å². The second-order valence-corrected chi connectivity index (χ2v) is 3.91. The van der Waals surface area contributed by atoms with Crippen molar-refractivity contribution < 1.29 is 9.47 Å². The number of thiocarbonyl (C=S) groups is 1. The van der Waals surface area contributed by atoms with Gasteiger partial charge in [0.05, 0.1) is 6.61 Å². The number of unbranched alkanes of at least 4 members (excludes halogenated alkanes) is 3. The van der Waals surface area contributed by atoms with E-state index in [0.717, 1.165) is 12.2 Å². The lowest BCUT2D eigenvalue weighted by molar-refractivity contribution is 0.241. The molecule has 0 bridgehead atoms. The van der Waals surface area contributed by atoms with Crippen LogP contribution >= 0.6 is 12.2 Å². The molecule has 1 rings (SSSR count). The van der Waals surface area contributed by atoms with Crippen molar-refractivity contribution in [3.8, 4) is 5.75 Å². The first-order valence-electron chi connectivity index (χ1n) is 5.72. The lowest BCUT2D eigenvalue weighted by Crippen LogP contribution is -2.10. The summed E-state index contributed by atoms with van der Waals surface area (Å²) in [5.41, 5.74) is 0. The molecule has 0 radical (unpaired) electrons. The predicted molar refractivity (Wildman–Crippen MR) is 69.8 cm³/mol. The molecule has 0 aliphatic heterocycles. The maximum absolute atomic E-state index is 5.33. The molecular weight excluding hydrogens is 220 g/mol. The average molecular weight is 238 g/mol. The number of rotatable bonds is 6. The molecule has 0 aliphatic rings. The lowest BCUT2D eigenvalue weighted by Gasteiger charge is -2.08. The molecule has 88 valence electrons. The van der Waals surface area contributed by atoms with E-state index in [1.165, 1.54) is 19.3 Å². The van der Waals surface area contributed by atoms with Crippen molar-refractivity contribution in [2.75, 3.05) is 6.61 Å². The third-order valence-corrected chi connectivity index (χ3v) is 2.36. The van der Waals surface area contributed by atoms with Gasteiger partial charge in [-0.05, 0) is 18.6 Å². The second kappa shape index (κ2) is 8.11. The van der Waals surface area contributed by atoms with Crippen LogP contribution in [-0.2, 0) is 4.74 Å². The van der Waals surface area contributed by atoms with E-state index in [2.05, 4.69) is 6.92 Å². The Kier molecular flexibility index (Phi) is 6.58. The monoisotopic (exact) mass is 238 g/mol. The number of benzene rings is 1. The third kappa shape index (κ3) is 5.71. The van der Waals surface area contributed by atoms with Crippen molar-refractivity contribution in [2.45, 2.75) is 32.6 Å².